The Bertz CT molecular complexity index is 363. The molecule has 3 N–H and O–H groups in total. The maximum atomic E-state index is 11.6. The van der Waals surface area contributed by atoms with Crippen LogP contribution in [0.5, 0.6) is 0 Å². The molecular weight excluding hydrogens is 204 g/mol. The van der Waals surface area contributed by atoms with Crippen molar-refractivity contribution in [2.45, 2.75) is 19.8 Å². The quantitative estimate of drug-likeness (QED) is 0.806. The predicted octanol–water partition coefficient (Wildman–Crippen LogP) is 1.45. The lowest BCUT2D eigenvalue weighted by molar-refractivity contribution is -0.123. The highest BCUT2D eigenvalue weighted by molar-refractivity contribution is 5.94. The van der Waals surface area contributed by atoms with E-state index in [4.69, 9.17) is 5.73 Å². The van der Waals surface area contributed by atoms with Crippen molar-refractivity contribution in [1.29, 1.82) is 0 Å². The molecule has 0 aliphatic heterocycles. The number of nitrogens with one attached hydrogen (secondary N) is 1. The molecule has 0 aliphatic rings. The molecule has 1 unspecified atom stereocenters. The molecule has 0 saturated carbocycles. The molecular formula is C12H16N2O2. The van der Waals surface area contributed by atoms with E-state index in [1.165, 1.54) is 0 Å². The summed E-state index contributed by atoms with van der Waals surface area (Å²) in [5.74, 6) is -0.520. The molecule has 3 amide bonds. The third-order valence-corrected chi connectivity index (χ3v) is 2.43. The minimum absolute atomic E-state index is 0.213. The summed E-state index contributed by atoms with van der Waals surface area (Å²) in [6.45, 7) is 1.91. The van der Waals surface area contributed by atoms with Gasteiger partial charge in [0.15, 0.2) is 0 Å². The van der Waals surface area contributed by atoms with E-state index in [0.29, 0.717) is 12.8 Å². The van der Waals surface area contributed by atoms with E-state index in [0.717, 1.165) is 5.56 Å². The fourth-order valence-corrected chi connectivity index (χ4v) is 1.54. The average molecular weight is 220 g/mol. The van der Waals surface area contributed by atoms with Gasteiger partial charge < -0.3 is 5.73 Å². The summed E-state index contributed by atoms with van der Waals surface area (Å²) in [5.41, 5.74) is 5.99. The first kappa shape index (κ1) is 12.2. The average Bonchev–Trinajstić information content (AvgIpc) is 2.26. The van der Waals surface area contributed by atoms with Crippen LogP contribution in [0.4, 0.5) is 4.79 Å². The van der Waals surface area contributed by atoms with Crippen LogP contribution in [0.3, 0.4) is 0 Å². The van der Waals surface area contributed by atoms with Gasteiger partial charge in [0.2, 0.25) is 5.91 Å². The Morgan fingerprint density at radius 3 is 2.44 bits per heavy atom. The molecule has 0 aliphatic carbocycles. The van der Waals surface area contributed by atoms with Gasteiger partial charge in [0.25, 0.3) is 0 Å². The first-order chi connectivity index (χ1) is 7.63. The summed E-state index contributed by atoms with van der Waals surface area (Å²) >= 11 is 0. The lowest BCUT2D eigenvalue weighted by Crippen LogP contribution is -2.39. The van der Waals surface area contributed by atoms with Gasteiger partial charge >= 0.3 is 6.03 Å². The monoisotopic (exact) mass is 220 g/mol. The number of benzene rings is 1. The van der Waals surface area contributed by atoms with Crippen LogP contribution in [0.25, 0.3) is 0 Å². The zero-order valence-electron chi connectivity index (χ0n) is 9.27. The van der Waals surface area contributed by atoms with Crippen LogP contribution in [0.1, 0.15) is 18.9 Å². The summed E-state index contributed by atoms with van der Waals surface area (Å²) in [5, 5.41) is 2.11. The second kappa shape index (κ2) is 5.90. The number of urea groups is 1. The van der Waals surface area contributed by atoms with E-state index in [9.17, 15) is 9.59 Å². The summed E-state index contributed by atoms with van der Waals surface area (Å²) in [4.78, 5) is 22.1. The van der Waals surface area contributed by atoms with Crippen molar-refractivity contribution in [3.8, 4) is 0 Å². The standard InChI is InChI=1S/C12H16N2O2/c1-2-10(11(15)14-12(13)16)8-9-6-4-3-5-7-9/h3-7,10H,2,8H2,1H3,(H3,13,14,15,16). The lowest BCUT2D eigenvalue weighted by atomic mass is 9.96. The molecule has 4 heteroatoms. The van der Waals surface area contributed by atoms with E-state index in [1.807, 2.05) is 37.3 Å². The third kappa shape index (κ3) is 3.73. The lowest BCUT2D eigenvalue weighted by Gasteiger charge is -2.13. The van der Waals surface area contributed by atoms with Gasteiger partial charge in [0.05, 0.1) is 0 Å². The van der Waals surface area contributed by atoms with Crippen LogP contribution >= 0.6 is 0 Å². The van der Waals surface area contributed by atoms with E-state index in [2.05, 4.69) is 5.32 Å². The number of imide groups is 1. The van der Waals surface area contributed by atoms with Gasteiger partial charge in [-0.3, -0.25) is 10.1 Å². The maximum absolute atomic E-state index is 11.6. The molecule has 0 fully saturated rings. The van der Waals surface area contributed by atoms with Crippen molar-refractivity contribution in [2.75, 3.05) is 0 Å². The Balaban J connectivity index is 2.62. The Labute approximate surface area is 94.8 Å². The normalized spacial score (nSPS) is 11.8. The molecule has 0 saturated heterocycles. The molecule has 1 aromatic carbocycles. The van der Waals surface area contributed by atoms with Gasteiger partial charge in [-0.05, 0) is 18.4 Å². The van der Waals surface area contributed by atoms with E-state index < -0.39 is 6.03 Å². The Kier molecular flexibility index (Phi) is 4.51. The number of carbonyl (C=O) groups excluding carboxylic acids is 2. The molecule has 0 aromatic heterocycles. The van der Waals surface area contributed by atoms with Gasteiger partial charge in [-0.15, -0.1) is 0 Å². The molecule has 0 heterocycles. The maximum Gasteiger partial charge on any atom is 0.318 e. The van der Waals surface area contributed by atoms with Crippen molar-refractivity contribution in [1.82, 2.24) is 5.32 Å². The van der Waals surface area contributed by atoms with Crippen LogP contribution in [-0.2, 0) is 11.2 Å². The van der Waals surface area contributed by atoms with Crippen molar-refractivity contribution < 1.29 is 9.59 Å². The number of amides is 3. The summed E-state index contributed by atoms with van der Waals surface area (Å²) in [6.07, 6.45) is 1.30. The van der Waals surface area contributed by atoms with Crippen molar-refractivity contribution in [3.63, 3.8) is 0 Å². The molecule has 4 nitrogen and oxygen atoms in total. The second-order valence-electron chi connectivity index (χ2n) is 3.65. The molecule has 1 atom stereocenters. The number of hydrogen-bond acceptors (Lipinski definition) is 2. The highest BCUT2D eigenvalue weighted by Crippen LogP contribution is 2.12. The van der Waals surface area contributed by atoms with Crippen LogP contribution in [-0.4, -0.2) is 11.9 Å². The first-order valence-electron chi connectivity index (χ1n) is 5.27. The van der Waals surface area contributed by atoms with Gasteiger partial charge in [-0.25, -0.2) is 4.79 Å². The van der Waals surface area contributed by atoms with Crippen LogP contribution in [0.2, 0.25) is 0 Å². The number of primary amides is 1. The second-order valence-corrected chi connectivity index (χ2v) is 3.65. The first-order valence-corrected chi connectivity index (χ1v) is 5.27. The fourth-order valence-electron chi connectivity index (χ4n) is 1.54. The van der Waals surface area contributed by atoms with Crippen LogP contribution in [0.15, 0.2) is 30.3 Å². The molecule has 86 valence electrons. The SMILES string of the molecule is CCC(Cc1ccccc1)C(=O)NC(N)=O. The molecule has 16 heavy (non-hydrogen) atoms. The highest BCUT2D eigenvalue weighted by Gasteiger charge is 2.17. The van der Waals surface area contributed by atoms with E-state index in [-0.39, 0.29) is 11.8 Å². The Morgan fingerprint density at radius 2 is 1.94 bits per heavy atom. The summed E-state index contributed by atoms with van der Waals surface area (Å²) in [6, 6.07) is 8.90. The summed E-state index contributed by atoms with van der Waals surface area (Å²) < 4.78 is 0. The zero-order valence-corrected chi connectivity index (χ0v) is 9.27. The minimum atomic E-state index is -0.795. The Hall–Kier alpha value is -1.84. The van der Waals surface area contributed by atoms with Crippen LogP contribution < -0.4 is 11.1 Å². The number of rotatable bonds is 4. The Morgan fingerprint density at radius 1 is 1.31 bits per heavy atom. The molecule has 0 radical (unpaired) electrons. The molecule has 1 aromatic rings. The zero-order chi connectivity index (χ0) is 12.0. The van der Waals surface area contributed by atoms with Gasteiger partial charge in [0, 0.05) is 5.92 Å². The molecule has 0 bridgehead atoms. The van der Waals surface area contributed by atoms with Crippen LogP contribution in [0, 0.1) is 5.92 Å². The van der Waals surface area contributed by atoms with E-state index in [1.54, 1.807) is 0 Å². The topological polar surface area (TPSA) is 72.2 Å². The summed E-state index contributed by atoms with van der Waals surface area (Å²) in [7, 11) is 0. The number of nitrogens with two attached hydrogens (primary N) is 1. The van der Waals surface area contributed by atoms with Gasteiger partial charge in [-0.2, -0.15) is 0 Å². The van der Waals surface area contributed by atoms with Gasteiger partial charge in [-0.1, -0.05) is 37.3 Å². The number of carbonyl (C=O) groups is 2. The van der Waals surface area contributed by atoms with E-state index >= 15 is 0 Å². The third-order valence-electron chi connectivity index (χ3n) is 2.43. The minimum Gasteiger partial charge on any atom is -0.351 e. The van der Waals surface area contributed by atoms with Gasteiger partial charge in [0.1, 0.15) is 0 Å². The van der Waals surface area contributed by atoms with Crippen molar-refractivity contribution >= 4 is 11.9 Å². The number of hydrogen-bond donors (Lipinski definition) is 2. The molecule has 0 spiro atoms. The predicted molar refractivity (Wildman–Crippen MR) is 61.7 cm³/mol. The smallest absolute Gasteiger partial charge is 0.318 e. The fraction of sp³-hybridized carbons (Fsp3) is 0.333. The molecule has 1 rings (SSSR count). The largest absolute Gasteiger partial charge is 0.351 e. The van der Waals surface area contributed by atoms with Crippen molar-refractivity contribution in [3.05, 3.63) is 35.9 Å². The van der Waals surface area contributed by atoms with Crippen molar-refractivity contribution in [2.24, 2.45) is 11.7 Å². The highest BCUT2D eigenvalue weighted by atomic mass is 16.2.